The van der Waals surface area contributed by atoms with Crippen LogP contribution < -0.4 is 5.73 Å². The van der Waals surface area contributed by atoms with Gasteiger partial charge in [-0.15, -0.1) is 0 Å². The van der Waals surface area contributed by atoms with Crippen LogP contribution in [0.4, 0.5) is 0 Å². The van der Waals surface area contributed by atoms with E-state index in [0.717, 1.165) is 21.1 Å². The first-order valence-corrected chi connectivity index (χ1v) is 6.29. The van der Waals surface area contributed by atoms with Crippen LogP contribution in [0.25, 0.3) is 22.5 Å². The van der Waals surface area contributed by atoms with Crippen LogP contribution in [0.5, 0.6) is 0 Å². The minimum absolute atomic E-state index is 0.270. The third-order valence-corrected chi connectivity index (χ3v) is 3.86. The van der Waals surface area contributed by atoms with E-state index in [1.54, 1.807) is 0 Å². The summed E-state index contributed by atoms with van der Waals surface area (Å²) in [5.74, 6) is 0.954. The molecule has 6 heteroatoms. The SMILES string of the molecule is Cc1ccc2[nH]c(-c3nc(CN)no3)cc2c1Br. The predicted octanol–water partition coefficient (Wildman–Crippen LogP) is 2.75. The lowest BCUT2D eigenvalue weighted by atomic mass is 10.2. The molecule has 0 bridgehead atoms. The van der Waals surface area contributed by atoms with Gasteiger partial charge < -0.3 is 15.2 Å². The van der Waals surface area contributed by atoms with Gasteiger partial charge in [-0.1, -0.05) is 11.2 Å². The summed E-state index contributed by atoms with van der Waals surface area (Å²) in [5.41, 5.74) is 8.46. The lowest BCUT2D eigenvalue weighted by Gasteiger charge is -1.97. The molecule has 2 heterocycles. The van der Waals surface area contributed by atoms with Crippen molar-refractivity contribution < 1.29 is 4.52 Å². The van der Waals surface area contributed by atoms with Crippen molar-refractivity contribution in [3.8, 4) is 11.6 Å². The standard InChI is InChI=1S/C12H11BrN4O/c1-6-2-3-8-7(11(6)13)4-9(15-8)12-16-10(5-14)17-18-12/h2-4,15H,5,14H2,1H3. The molecule has 18 heavy (non-hydrogen) atoms. The molecule has 92 valence electrons. The first kappa shape index (κ1) is 11.4. The average molecular weight is 307 g/mol. The molecule has 2 aromatic heterocycles. The predicted molar refractivity (Wildman–Crippen MR) is 71.9 cm³/mol. The smallest absolute Gasteiger partial charge is 0.274 e. The summed E-state index contributed by atoms with van der Waals surface area (Å²) in [5, 5.41) is 4.87. The van der Waals surface area contributed by atoms with Gasteiger partial charge in [0.25, 0.3) is 5.89 Å². The van der Waals surface area contributed by atoms with Crippen LogP contribution in [-0.2, 0) is 6.54 Å². The summed E-state index contributed by atoms with van der Waals surface area (Å²) >= 11 is 3.58. The van der Waals surface area contributed by atoms with E-state index >= 15 is 0 Å². The zero-order chi connectivity index (χ0) is 12.7. The molecule has 0 aliphatic heterocycles. The second kappa shape index (κ2) is 4.22. The number of benzene rings is 1. The maximum absolute atomic E-state index is 5.46. The van der Waals surface area contributed by atoms with Gasteiger partial charge in [0.2, 0.25) is 0 Å². The monoisotopic (exact) mass is 306 g/mol. The van der Waals surface area contributed by atoms with Crippen molar-refractivity contribution in [2.75, 3.05) is 0 Å². The van der Waals surface area contributed by atoms with E-state index in [9.17, 15) is 0 Å². The number of hydrogen-bond acceptors (Lipinski definition) is 4. The van der Waals surface area contributed by atoms with Gasteiger partial charge in [-0.3, -0.25) is 0 Å². The van der Waals surface area contributed by atoms with Crippen molar-refractivity contribution in [2.45, 2.75) is 13.5 Å². The number of hydrogen-bond donors (Lipinski definition) is 2. The molecule has 0 amide bonds. The van der Waals surface area contributed by atoms with E-state index in [4.69, 9.17) is 10.3 Å². The Morgan fingerprint density at radius 2 is 2.28 bits per heavy atom. The second-order valence-corrected chi connectivity index (χ2v) is 4.85. The number of H-pyrrole nitrogens is 1. The second-order valence-electron chi connectivity index (χ2n) is 4.06. The highest BCUT2D eigenvalue weighted by Crippen LogP contribution is 2.30. The first-order chi connectivity index (χ1) is 8.69. The van der Waals surface area contributed by atoms with Gasteiger partial charge in [-0.2, -0.15) is 4.98 Å². The average Bonchev–Trinajstić information content (AvgIpc) is 2.99. The quantitative estimate of drug-likeness (QED) is 0.763. The molecule has 0 aliphatic rings. The zero-order valence-electron chi connectivity index (χ0n) is 9.70. The van der Waals surface area contributed by atoms with Gasteiger partial charge in [0.15, 0.2) is 5.82 Å². The summed E-state index contributed by atoms with van der Waals surface area (Å²) in [6.45, 7) is 2.32. The minimum atomic E-state index is 0.270. The van der Waals surface area contributed by atoms with Crippen LogP contribution in [0, 0.1) is 6.92 Å². The Morgan fingerprint density at radius 3 is 3.00 bits per heavy atom. The Labute approximate surface area is 112 Å². The number of aromatic nitrogens is 3. The van der Waals surface area contributed by atoms with Crippen LogP contribution in [0.15, 0.2) is 27.2 Å². The molecular weight excluding hydrogens is 296 g/mol. The summed E-state index contributed by atoms with van der Waals surface area (Å²) in [6.07, 6.45) is 0. The molecule has 0 unspecified atom stereocenters. The van der Waals surface area contributed by atoms with Gasteiger partial charge in [-0.05, 0) is 40.5 Å². The highest BCUT2D eigenvalue weighted by atomic mass is 79.9. The van der Waals surface area contributed by atoms with Crippen LogP contribution in [-0.4, -0.2) is 15.1 Å². The molecule has 3 N–H and O–H groups in total. The van der Waals surface area contributed by atoms with E-state index in [-0.39, 0.29) is 6.54 Å². The number of fused-ring (bicyclic) bond motifs is 1. The normalized spacial score (nSPS) is 11.3. The number of nitrogens with zero attached hydrogens (tertiary/aromatic N) is 2. The number of nitrogens with two attached hydrogens (primary N) is 1. The number of rotatable bonds is 2. The fraction of sp³-hybridized carbons (Fsp3) is 0.167. The number of aromatic amines is 1. The van der Waals surface area contributed by atoms with Gasteiger partial charge in [0, 0.05) is 15.4 Å². The van der Waals surface area contributed by atoms with Crippen LogP contribution in [0.2, 0.25) is 0 Å². The Hall–Kier alpha value is -1.66. The third-order valence-electron chi connectivity index (χ3n) is 2.81. The Kier molecular flexibility index (Phi) is 2.68. The summed E-state index contributed by atoms with van der Waals surface area (Å²) in [4.78, 5) is 7.45. The van der Waals surface area contributed by atoms with E-state index in [1.807, 2.05) is 18.2 Å². The van der Waals surface area contributed by atoms with Crippen molar-refractivity contribution in [1.82, 2.24) is 15.1 Å². The van der Waals surface area contributed by atoms with E-state index < -0.39 is 0 Å². The molecule has 5 nitrogen and oxygen atoms in total. The Morgan fingerprint density at radius 1 is 1.44 bits per heavy atom. The summed E-state index contributed by atoms with van der Waals surface area (Å²) in [6, 6.07) is 6.06. The van der Waals surface area contributed by atoms with E-state index in [0.29, 0.717) is 11.7 Å². The van der Waals surface area contributed by atoms with Crippen molar-refractivity contribution in [1.29, 1.82) is 0 Å². The molecule has 0 fully saturated rings. The Bertz CT molecular complexity index is 716. The molecule has 0 radical (unpaired) electrons. The first-order valence-electron chi connectivity index (χ1n) is 5.50. The molecule has 0 saturated heterocycles. The summed E-state index contributed by atoms with van der Waals surface area (Å²) < 4.78 is 6.22. The largest absolute Gasteiger partial charge is 0.350 e. The number of halogens is 1. The molecule has 3 rings (SSSR count). The number of aryl methyl sites for hydroxylation is 1. The van der Waals surface area contributed by atoms with Gasteiger partial charge >= 0.3 is 0 Å². The van der Waals surface area contributed by atoms with Gasteiger partial charge in [-0.25, -0.2) is 0 Å². The van der Waals surface area contributed by atoms with Crippen molar-refractivity contribution >= 4 is 26.8 Å². The van der Waals surface area contributed by atoms with E-state index in [1.165, 1.54) is 5.56 Å². The maximum atomic E-state index is 5.46. The molecule has 0 aliphatic carbocycles. The molecule has 3 aromatic rings. The topological polar surface area (TPSA) is 80.7 Å². The molecule has 1 aromatic carbocycles. The van der Waals surface area contributed by atoms with Crippen molar-refractivity contribution in [3.63, 3.8) is 0 Å². The summed E-state index contributed by atoms with van der Waals surface area (Å²) in [7, 11) is 0. The highest BCUT2D eigenvalue weighted by Gasteiger charge is 2.12. The molecule has 0 saturated carbocycles. The van der Waals surface area contributed by atoms with Crippen molar-refractivity contribution in [3.05, 3.63) is 34.1 Å². The van der Waals surface area contributed by atoms with Crippen LogP contribution in [0.1, 0.15) is 11.4 Å². The Balaban J connectivity index is 2.16. The van der Waals surface area contributed by atoms with Crippen LogP contribution in [0.3, 0.4) is 0 Å². The van der Waals surface area contributed by atoms with E-state index in [2.05, 4.69) is 38.0 Å². The molecule has 0 spiro atoms. The minimum Gasteiger partial charge on any atom is -0.350 e. The van der Waals surface area contributed by atoms with Crippen molar-refractivity contribution in [2.24, 2.45) is 5.73 Å². The third kappa shape index (κ3) is 1.74. The zero-order valence-corrected chi connectivity index (χ0v) is 11.3. The van der Waals surface area contributed by atoms with Gasteiger partial charge in [0.05, 0.1) is 6.54 Å². The highest BCUT2D eigenvalue weighted by molar-refractivity contribution is 9.10. The van der Waals surface area contributed by atoms with Gasteiger partial charge in [0.1, 0.15) is 5.69 Å². The fourth-order valence-electron chi connectivity index (χ4n) is 1.84. The lowest BCUT2D eigenvalue weighted by molar-refractivity contribution is 0.422. The maximum Gasteiger partial charge on any atom is 0.274 e. The molecular formula is C12H11BrN4O. The fourth-order valence-corrected chi connectivity index (χ4v) is 2.30. The number of nitrogens with one attached hydrogen (secondary N) is 1. The lowest BCUT2D eigenvalue weighted by Crippen LogP contribution is -1.97. The van der Waals surface area contributed by atoms with Crippen LogP contribution >= 0.6 is 15.9 Å². The molecule has 0 atom stereocenters.